The van der Waals surface area contributed by atoms with Crippen LogP contribution in [0.4, 0.5) is 4.79 Å². The molecule has 8 atom stereocenters. The van der Waals surface area contributed by atoms with Crippen molar-refractivity contribution < 1.29 is 19.0 Å². The van der Waals surface area contributed by atoms with Crippen LogP contribution in [0.1, 0.15) is 125 Å². The molecule has 0 heterocycles. The lowest BCUT2D eigenvalue weighted by atomic mass is 9.47. The molecule has 4 aliphatic rings. The molecule has 0 amide bonds. The predicted molar refractivity (Wildman–Crippen MR) is 155 cm³/mol. The van der Waals surface area contributed by atoms with Crippen molar-refractivity contribution in [3.63, 3.8) is 0 Å². The number of fused-ring (bicyclic) bond motifs is 5. The van der Waals surface area contributed by atoms with Gasteiger partial charge in [-0.2, -0.15) is 0 Å². The molecule has 4 rings (SSSR count). The van der Waals surface area contributed by atoms with Crippen LogP contribution >= 0.6 is 0 Å². The highest BCUT2D eigenvalue weighted by molar-refractivity contribution is 5.60. The van der Waals surface area contributed by atoms with E-state index < -0.39 is 6.16 Å². The van der Waals surface area contributed by atoms with Gasteiger partial charge in [0.2, 0.25) is 0 Å². The maximum atomic E-state index is 12.3. The van der Waals surface area contributed by atoms with Crippen LogP contribution in [0.25, 0.3) is 0 Å². The van der Waals surface area contributed by atoms with Crippen molar-refractivity contribution >= 4 is 6.16 Å². The highest BCUT2D eigenvalue weighted by atomic mass is 16.7. The average Bonchev–Trinajstić information content (AvgIpc) is 3.23. The molecule has 4 heteroatoms. The van der Waals surface area contributed by atoms with Crippen molar-refractivity contribution in [1.29, 1.82) is 0 Å². The van der Waals surface area contributed by atoms with Gasteiger partial charge in [-0.05, 0) is 97.7 Å². The molecule has 4 nitrogen and oxygen atoms in total. The maximum absolute atomic E-state index is 12.3. The van der Waals surface area contributed by atoms with Gasteiger partial charge in [0.05, 0.1) is 6.61 Å². The number of hydrogen-bond acceptors (Lipinski definition) is 4. The standard InChI is InChI=1S/C34H58O4/c1-7-8-20-36-21-22-37-32(35)38-27-16-18-33(5)26(23-27)12-13-28-30-15-14-29(25(4)11-9-10-24(2)3)34(30,6)19-17-31(28)33/h12,24-25,27-31H,7-11,13-23H2,1-6H3. The first kappa shape index (κ1) is 29.9. The number of rotatable bonds is 12. The summed E-state index contributed by atoms with van der Waals surface area (Å²) >= 11 is 0. The second-order valence-electron chi connectivity index (χ2n) is 14.3. The highest BCUT2D eigenvalue weighted by Crippen LogP contribution is 2.67. The topological polar surface area (TPSA) is 44.8 Å². The van der Waals surface area contributed by atoms with Crippen molar-refractivity contribution in [1.82, 2.24) is 0 Å². The molecular formula is C34H58O4. The largest absolute Gasteiger partial charge is 0.508 e. The van der Waals surface area contributed by atoms with Crippen molar-refractivity contribution in [2.24, 2.45) is 46.3 Å². The lowest BCUT2D eigenvalue weighted by Gasteiger charge is -2.58. The van der Waals surface area contributed by atoms with Gasteiger partial charge in [0, 0.05) is 13.0 Å². The smallest absolute Gasteiger partial charge is 0.432 e. The van der Waals surface area contributed by atoms with Gasteiger partial charge in [-0.15, -0.1) is 0 Å². The van der Waals surface area contributed by atoms with Crippen LogP contribution in [0.3, 0.4) is 0 Å². The lowest BCUT2D eigenvalue weighted by molar-refractivity contribution is -0.0625. The highest BCUT2D eigenvalue weighted by Gasteiger charge is 2.59. The molecule has 0 radical (unpaired) electrons. The quantitative estimate of drug-likeness (QED) is 0.143. The summed E-state index contributed by atoms with van der Waals surface area (Å²) in [6.07, 6.45) is 18.2. The van der Waals surface area contributed by atoms with E-state index in [1.54, 1.807) is 5.57 Å². The normalized spacial score (nSPS) is 37.1. The molecule has 0 spiro atoms. The fourth-order valence-corrected chi connectivity index (χ4v) is 9.46. The maximum Gasteiger partial charge on any atom is 0.508 e. The molecule has 8 unspecified atom stereocenters. The van der Waals surface area contributed by atoms with E-state index in [-0.39, 0.29) is 18.1 Å². The van der Waals surface area contributed by atoms with Gasteiger partial charge in [-0.25, -0.2) is 4.79 Å². The van der Waals surface area contributed by atoms with Crippen LogP contribution in [-0.4, -0.2) is 32.1 Å². The summed E-state index contributed by atoms with van der Waals surface area (Å²) in [5, 5.41) is 0. The minimum atomic E-state index is -0.528. The van der Waals surface area contributed by atoms with Crippen LogP contribution in [0, 0.1) is 46.3 Å². The molecule has 218 valence electrons. The third-order valence-corrected chi connectivity index (χ3v) is 11.6. The van der Waals surface area contributed by atoms with E-state index in [4.69, 9.17) is 14.2 Å². The lowest BCUT2D eigenvalue weighted by Crippen LogP contribution is -2.51. The van der Waals surface area contributed by atoms with Crippen LogP contribution in [0.15, 0.2) is 11.6 Å². The van der Waals surface area contributed by atoms with Gasteiger partial charge in [0.25, 0.3) is 0 Å². The Kier molecular flexibility index (Phi) is 10.3. The Morgan fingerprint density at radius 1 is 0.974 bits per heavy atom. The van der Waals surface area contributed by atoms with Gasteiger partial charge >= 0.3 is 6.16 Å². The van der Waals surface area contributed by atoms with Crippen molar-refractivity contribution in [2.45, 2.75) is 131 Å². The summed E-state index contributed by atoms with van der Waals surface area (Å²) in [5.74, 6) is 5.12. The first-order valence-electron chi connectivity index (χ1n) is 16.3. The molecule has 0 aromatic carbocycles. The van der Waals surface area contributed by atoms with E-state index in [9.17, 15) is 4.79 Å². The van der Waals surface area contributed by atoms with Gasteiger partial charge in [0.15, 0.2) is 0 Å². The number of hydrogen-bond donors (Lipinski definition) is 0. The monoisotopic (exact) mass is 530 g/mol. The second-order valence-corrected chi connectivity index (χ2v) is 14.3. The molecule has 3 fully saturated rings. The van der Waals surface area contributed by atoms with Gasteiger partial charge in [-0.1, -0.05) is 78.9 Å². The Hall–Kier alpha value is -1.03. The van der Waals surface area contributed by atoms with Crippen LogP contribution < -0.4 is 0 Å². The predicted octanol–water partition coefficient (Wildman–Crippen LogP) is 9.37. The third-order valence-electron chi connectivity index (χ3n) is 11.6. The van der Waals surface area contributed by atoms with Crippen molar-refractivity contribution in [3.8, 4) is 0 Å². The van der Waals surface area contributed by atoms with E-state index >= 15 is 0 Å². The molecule has 0 aliphatic heterocycles. The van der Waals surface area contributed by atoms with E-state index in [0.717, 1.165) is 74.2 Å². The van der Waals surface area contributed by atoms with Crippen molar-refractivity contribution in [3.05, 3.63) is 11.6 Å². The van der Waals surface area contributed by atoms with E-state index in [1.165, 1.54) is 51.4 Å². The zero-order chi connectivity index (χ0) is 27.3. The summed E-state index contributed by atoms with van der Waals surface area (Å²) in [6, 6.07) is 0. The SMILES string of the molecule is CCCCOCCOC(=O)OC1CCC2(C)C(=CCC3C2CCC2(C)C(C(C)CCCC(C)C)CCC32)C1. The van der Waals surface area contributed by atoms with E-state index in [1.807, 2.05) is 0 Å². The molecule has 38 heavy (non-hydrogen) atoms. The second kappa shape index (κ2) is 13.1. The molecular weight excluding hydrogens is 472 g/mol. The van der Waals surface area contributed by atoms with E-state index in [2.05, 4.69) is 47.6 Å². The average molecular weight is 531 g/mol. The molecule has 0 saturated heterocycles. The summed E-state index contributed by atoms with van der Waals surface area (Å²) in [5.41, 5.74) is 2.37. The number of carbonyl (C=O) groups is 1. The van der Waals surface area contributed by atoms with E-state index in [0.29, 0.717) is 12.0 Å². The van der Waals surface area contributed by atoms with Crippen molar-refractivity contribution in [2.75, 3.05) is 19.8 Å². The molecule has 0 bridgehead atoms. The minimum Gasteiger partial charge on any atom is -0.432 e. The van der Waals surface area contributed by atoms with Gasteiger partial charge in [0.1, 0.15) is 12.7 Å². The summed E-state index contributed by atoms with van der Waals surface area (Å²) in [6.45, 7) is 16.1. The number of allylic oxidation sites excluding steroid dienone is 1. The summed E-state index contributed by atoms with van der Waals surface area (Å²) in [7, 11) is 0. The Morgan fingerprint density at radius 2 is 1.79 bits per heavy atom. The number of ether oxygens (including phenoxy) is 3. The van der Waals surface area contributed by atoms with Gasteiger partial charge < -0.3 is 14.2 Å². The molecule has 0 aromatic rings. The zero-order valence-electron chi connectivity index (χ0n) is 25.6. The Morgan fingerprint density at radius 3 is 2.55 bits per heavy atom. The molecule has 0 aromatic heterocycles. The Labute approximate surface area is 234 Å². The summed E-state index contributed by atoms with van der Waals surface area (Å²) in [4.78, 5) is 12.3. The first-order chi connectivity index (χ1) is 18.2. The van der Waals surface area contributed by atoms with Gasteiger partial charge in [-0.3, -0.25) is 0 Å². The number of unbranched alkanes of at least 4 members (excludes halogenated alkanes) is 1. The fraction of sp³-hybridized carbons (Fsp3) is 0.912. The number of carbonyl (C=O) groups excluding carboxylic acids is 1. The molecule has 4 aliphatic carbocycles. The van der Waals surface area contributed by atoms with Crippen LogP contribution in [0.2, 0.25) is 0 Å². The first-order valence-corrected chi connectivity index (χ1v) is 16.3. The molecule has 3 saturated carbocycles. The van der Waals surface area contributed by atoms with Crippen LogP contribution in [-0.2, 0) is 14.2 Å². The summed E-state index contributed by atoms with van der Waals surface area (Å²) < 4.78 is 16.5. The zero-order valence-corrected chi connectivity index (χ0v) is 25.6. The molecule has 0 N–H and O–H groups in total. The van der Waals surface area contributed by atoms with Crippen LogP contribution in [0.5, 0.6) is 0 Å². The Balaban J connectivity index is 1.31. The fourth-order valence-electron chi connectivity index (χ4n) is 9.46. The third kappa shape index (κ3) is 6.47. The Bertz CT molecular complexity index is 804. The minimum absolute atomic E-state index is 0.0456.